The lowest BCUT2D eigenvalue weighted by atomic mass is 10.1. The Hall–Kier alpha value is -2.62. The van der Waals surface area contributed by atoms with Crippen LogP contribution in [0.4, 0.5) is 0 Å². The van der Waals surface area contributed by atoms with Crippen molar-refractivity contribution in [2.24, 2.45) is 0 Å². The van der Waals surface area contributed by atoms with E-state index in [1.165, 1.54) is 17.1 Å². The van der Waals surface area contributed by atoms with Crippen LogP contribution in [0.1, 0.15) is 0 Å². The van der Waals surface area contributed by atoms with Crippen molar-refractivity contribution in [2.45, 2.75) is 0 Å². The maximum absolute atomic E-state index is 11.4. The van der Waals surface area contributed by atoms with E-state index in [0.717, 1.165) is 16.5 Å². The number of nitrogens with zero attached hydrogens (tertiary/aromatic N) is 1. The molecule has 0 fully saturated rings. The Kier molecular flexibility index (Phi) is 3.21. The third-order valence-corrected chi connectivity index (χ3v) is 3.21. The lowest BCUT2D eigenvalue weighted by Crippen LogP contribution is -2.33. The fraction of sp³-hybridized carbons (Fsp3) is 0.125. The van der Waals surface area contributed by atoms with Gasteiger partial charge in [-0.2, -0.15) is 0 Å². The van der Waals surface area contributed by atoms with E-state index in [9.17, 15) is 9.59 Å². The van der Waals surface area contributed by atoms with Crippen molar-refractivity contribution in [3.05, 3.63) is 54.6 Å². The summed E-state index contributed by atoms with van der Waals surface area (Å²) in [4.78, 5) is 23.9. The Morgan fingerprint density at radius 1 is 0.900 bits per heavy atom. The van der Waals surface area contributed by atoms with Crippen molar-refractivity contribution in [2.75, 3.05) is 13.2 Å². The van der Waals surface area contributed by atoms with Crippen molar-refractivity contribution in [3.63, 3.8) is 0 Å². The second kappa shape index (κ2) is 5.17. The predicted octanol–water partition coefficient (Wildman–Crippen LogP) is 2.14. The Balaban J connectivity index is 1.63. The van der Waals surface area contributed by atoms with Gasteiger partial charge in [-0.25, -0.2) is 0 Å². The number of benzene rings is 2. The van der Waals surface area contributed by atoms with Gasteiger partial charge < -0.3 is 4.74 Å². The summed E-state index contributed by atoms with van der Waals surface area (Å²) >= 11 is 0. The summed E-state index contributed by atoms with van der Waals surface area (Å²) in [6, 6.07) is 13.8. The van der Waals surface area contributed by atoms with Crippen LogP contribution in [0, 0.1) is 0 Å². The SMILES string of the molecule is O=C1C=CC(=O)N1CCOc1ccc2ccccc2c1. The van der Waals surface area contributed by atoms with Crippen molar-refractivity contribution < 1.29 is 14.3 Å². The monoisotopic (exact) mass is 267 g/mol. The van der Waals surface area contributed by atoms with Crippen LogP contribution in [0.25, 0.3) is 10.8 Å². The van der Waals surface area contributed by atoms with Gasteiger partial charge in [0.05, 0.1) is 6.54 Å². The van der Waals surface area contributed by atoms with E-state index in [0.29, 0.717) is 0 Å². The van der Waals surface area contributed by atoms with E-state index in [4.69, 9.17) is 4.74 Å². The highest BCUT2D eigenvalue weighted by Crippen LogP contribution is 2.20. The Labute approximate surface area is 116 Å². The molecule has 100 valence electrons. The molecule has 0 saturated heterocycles. The van der Waals surface area contributed by atoms with Gasteiger partial charge in [-0.1, -0.05) is 30.3 Å². The number of carbonyl (C=O) groups is 2. The molecule has 0 aromatic heterocycles. The number of hydrogen-bond acceptors (Lipinski definition) is 3. The largest absolute Gasteiger partial charge is 0.492 e. The van der Waals surface area contributed by atoms with Gasteiger partial charge in [-0.15, -0.1) is 0 Å². The molecule has 0 atom stereocenters. The van der Waals surface area contributed by atoms with Crippen LogP contribution < -0.4 is 4.74 Å². The first-order valence-electron chi connectivity index (χ1n) is 6.39. The molecule has 0 radical (unpaired) electrons. The number of imide groups is 1. The third kappa shape index (κ3) is 2.40. The average Bonchev–Trinajstić information content (AvgIpc) is 2.79. The molecule has 0 saturated carbocycles. The predicted molar refractivity (Wildman–Crippen MR) is 75.3 cm³/mol. The number of carbonyl (C=O) groups excluding carboxylic acids is 2. The molecule has 0 N–H and O–H groups in total. The number of fused-ring (bicyclic) bond motifs is 1. The van der Waals surface area contributed by atoms with Crippen molar-refractivity contribution in [1.82, 2.24) is 4.90 Å². The first-order valence-corrected chi connectivity index (χ1v) is 6.39. The Morgan fingerprint density at radius 3 is 2.35 bits per heavy atom. The summed E-state index contributed by atoms with van der Waals surface area (Å²) in [5, 5.41) is 2.24. The van der Waals surface area contributed by atoms with Crippen molar-refractivity contribution in [1.29, 1.82) is 0 Å². The molecule has 1 heterocycles. The zero-order chi connectivity index (χ0) is 13.9. The minimum atomic E-state index is -0.280. The normalized spacial score (nSPS) is 14.3. The van der Waals surface area contributed by atoms with Crippen LogP contribution in [0.15, 0.2) is 54.6 Å². The quantitative estimate of drug-likeness (QED) is 0.797. The summed E-state index contributed by atoms with van der Waals surface area (Å²) in [6.07, 6.45) is 2.55. The minimum absolute atomic E-state index is 0.261. The van der Waals surface area contributed by atoms with Gasteiger partial charge in [0.2, 0.25) is 0 Å². The highest BCUT2D eigenvalue weighted by molar-refractivity contribution is 6.12. The Morgan fingerprint density at radius 2 is 1.60 bits per heavy atom. The highest BCUT2D eigenvalue weighted by Gasteiger charge is 2.22. The van der Waals surface area contributed by atoms with Crippen LogP contribution in [0.3, 0.4) is 0 Å². The molecule has 0 aliphatic carbocycles. The molecule has 1 aliphatic rings. The molecule has 1 aliphatic heterocycles. The number of rotatable bonds is 4. The summed E-state index contributed by atoms with van der Waals surface area (Å²) in [5.41, 5.74) is 0. The van der Waals surface area contributed by atoms with Gasteiger partial charge in [0.1, 0.15) is 12.4 Å². The first-order chi connectivity index (χ1) is 9.74. The molecule has 0 bridgehead atoms. The van der Waals surface area contributed by atoms with E-state index < -0.39 is 0 Å². The van der Waals surface area contributed by atoms with Gasteiger partial charge in [0.25, 0.3) is 11.8 Å². The second-order valence-electron chi connectivity index (χ2n) is 4.52. The van der Waals surface area contributed by atoms with E-state index in [1.54, 1.807) is 0 Å². The molecule has 20 heavy (non-hydrogen) atoms. The summed E-state index contributed by atoms with van der Waals surface area (Å²) < 4.78 is 5.60. The minimum Gasteiger partial charge on any atom is -0.492 e. The molecular formula is C16H13NO3. The standard InChI is InChI=1S/C16H13NO3/c18-15-7-8-16(19)17(15)9-10-20-14-6-5-12-3-1-2-4-13(12)11-14/h1-8,11H,9-10H2. The second-order valence-corrected chi connectivity index (χ2v) is 4.52. The lowest BCUT2D eigenvalue weighted by Gasteiger charge is -2.14. The van der Waals surface area contributed by atoms with Gasteiger partial charge >= 0.3 is 0 Å². The topological polar surface area (TPSA) is 46.6 Å². The number of ether oxygens (including phenoxy) is 1. The maximum Gasteiger partial charge on any atom is 0.253 e. The van der Waals surface area contributed by atoms with Crippen LogP contribution in [-0.2, 0) is 9.59 Å². The molecule has 4 heteroatoms. The molecule has 0 unspecified atom stereocenters. The fourth-order valence-corrected chi connectivity index (χ4v) is 2.16. The summed E-state index contributed by atoms with van der Waals surface area (Å²) in [7, 11) is 0. The molecule has 3 rings (SSSR count). The van der Waals surface area contributed by atoms with Crippen LogP contribution in [0.2, 0.25) is 0 Å². The first kappa shape index (κ1) is 12.4. The molecule has 2 amide bonds. The van der Waals surface area contributed by atoms with E-state index in [1.807, 2.05) is 42.5 Å². The van der Waals surface area contributed by atoms with Gasteiger partial charge in [-0.05, 0) is 22.9 Å². The van der Waals surface area contributed by atoms with Gasteiger partial charge in [0, 0.05) is 12.2 Å². The average molecular weight is 267 g/mol. The highest BCUT2D eigenvalue weighted by atomic mass is 16.5. The third-order valence-electron chi connectivity index (χ3n) is 3.21. The molecule has 2 aromatic rings. The van der Waals surface area contributed by atoms with E-state index in [2.05, 4.69) is 0 Å². The molecule has 4 nitrogen and oxygen atoms in total. The van der Waals surface area contributed by atoms with Crippen molar-refractivity contribution in [3.8, 4) is 5.75 Å². The smallest absolute Gasteiger partial charge is 0.253 e. The van der Waals surface area contributed by atoms with Crippen LogP contribution >= 0.6 is 0 Å². The van der Waals surface area contributed by atoms with Gasteiger partial charge in [0.15, 0.2) is 0 Å². The maximum atomic E-state index is 11.4. The molecule has 0 spiro atoms. The number of hydrogen-bond donors (Lipinski definition) is 0. The lowest BCUT2D eigenvalue weighted by molar-refractivity contribution is -0.137. The van der Waals surface area contributed by atoms with E-state index >= 15 is 0 Å². The van der Waals surface area contributed by atoms with Crippen LogP contribution in [-0.4, -0.2) is 29.9 Å². The molecule has 2 aromatic carbocycles. The van der Waals surface area contributed by atoms with Crippen molar-refractivity contribution >= 4 is 22.6 Å². The number of amides is 2. The van der Waals surface area contributed by atoms with Crippen LogP contribution in [0.5, 0.6) is 5.75 Å². The van der Waals surface area contributed by atoms with E-state index in [-0.39, 0.29) is 25.0 Å². The van der Waals surface area contributed by atoms with Gasteiger partial charge in [-0.3, -0.25) is 14.5 Å². The molecular weight excluding hydrogens is 254 g/mol. The zero-order valence-corrected chi connectivity index (χ0v) is 10.8. The fourth-order valence-electron chi connectivity index (χ4n) is 2.16. The zero-order valence-electron chi connectivity index (χ0n) is 10.8. The Bertz CT molecular complexity index is 688. The summed E-state index contributed by atoms with van der Waals surface area (Å²) in [6.45, 7) is 0.551. The summed E-state index contributed by atoms with van der Waals surface area (Å²) in [5.74, 6) is 0.171.